The maximum atomic E-state index is 3.38. The van der Waals surface area contributed by atoms with Crippen LogP contribution in [0, 0.1) is 0 Å². The number of rotatable bonds is 0. The normalized spacial score (nSPS) is 44.0. The zero-order valence-corrected chi connectivity index (χ0v) is 5.11. The average Bonchev–Trinajstić information content (AvgIpc) is 2.07. The number of hydrogen-bond donors (Lipinski definition) is 1. The van der Waals surface area contributed by atoms with Crippen molar-refractivity contribution in [3.63, 3.8) is 0 Å². The summed E-state index contributed by atoms with van der Waals surface area (Å²) < 4.78 is 0. The van der Waals surface area contributed by atoms with Gasteiger partial charge in [0, 0.05) is 0 Å². The van der Waals surface area contributed by atoms with Gasteiger partial charge < -0.3 is 5.32 Å². The third-order valence-corrected chi connectivity index (χ3v) is 2.50. The summed E-state index contributed by atoms with van der Waals surface area (Å²) in [6, 6.07) is 0. The Bertz CT molecular complexity index is 90.7. The van der Waals surface area contributed by atoms with E-state index in [-0.39, 0.29) is 0 Å². The van der Waals surface area contributed by atoms with E-state index in [1.54, 1.807) is 0 Å². The summed E-state index contributed by atoms with van der Waals surface area (Å²) in [5, 5.41) is 4.06. The Balaban J connectivity index is 2.01. The highest BCUT2D eigenvalue weighted by Gasteiger charge is 2.39. The zero-order valence-electron chi connectivity index (χ0n) is 5.11. The lowest BCUT2D eigenvalue weighted by Gasteiger charge is -2.36. The molecule has 43 valence electrons. The van der Waals surface area contributed by atoms with E-state index in [2.05, 4.69) is 12.6 Å². The van der Waals surface area contributed by atoms with Crippen molar-refractivity contribution >= 4 is 7.28 Å². The van der Waals surface area contributed by atoms with Gasteiger partial charge in [0.05, 0.1) is 0 Å². The van der Waals surface area contributed by atoms with Crippen LogP contribution in [0.25, 0.3) is 0 Å². The van der Waals surface area contributed by atoms with E-state index in [1.807, 2.05) is 0 Å². The average molecular weight is 108 g/mol. The van der Waals surface area contributed by atoms with Gasteiger partial charge in [0.1, 0.15) is 7.28 Å². The number of hydrogen-bond acceptors (Lipinski definition) is 1. The molecule has 0 aromatic heterocycles. The minimum Gasteiger partial charge on any atom is -0.317 e. The van der Waals surface area contributed by atoms with E-state index in [9.17, 15) is 0 Å². The fraction of sp³-hybridized carbons (Fsp3) is 1.00. The van der Waals surface area contributed by atoms with Gasteiger partial charge in [-0.3, -0.25) is 0 Å². The van der Waals surface area contributed by atoms with Crippen molar-refractivity contribution in [2.45, 2.75) is 24.5 Å². The van der Waals surface area contributed by atoms with Gasteiger partial charge >= 0.3 is 0 Å². The van der Waals surface area contributed by atoms with Crippen LogP contribution in [0.5, 0.6) is 0 Å². The van der Waals surface area contributed by atoms with E-state index < -0.39 is 0 Å². The van der Waals surface area contributed by atoms with Crippen LogP contribution in [0.3, 0.4) is 0 Å². The van der Waals surface area contributed by atoms with Crippen molar-refractivity contribution < 1.29 is 0 Å². The predicted molar refractivity (Wildman–Crippen MR) is 35.4 cm³/mol. The molecule has 8 heavy (non-hydrogen) atoms. The highest BCUT2D eigenvalue weighted by Crippen LogP contribution is 2.46. The Morgan fingerprint density at radius 3 is 2.50 bits per heavy atom. The number of nitrogens with one attached hydrogen (secondary N) is 1. The third-order valence-electron chi connectivity index (χ3n) is 2.50. The summed E-state index contributed by atoms with van der Waals surface area (Å²) >= 11 is 0. The topological polar surface area (TPSA) is 12.0 Å². The lowest BCUT2D eigenvalue weighted by Crippen LogP contribution is -2.31. The van der Waals surface area contributed by atoms with Crippen LogP contribution in [0.2, 0.25) is 11.6 Å². The molecule has 0 aromatic carbocycles. The Labute approximate surface area is 51.1 Å². The van der Waals surface area contributed by atoms with E-state index >= 15 is 0 Å². The molecule has 0 aliphatic carbocycles. The highest BCUT2D eigenvalue weighted by atomic mass is 14.9. The molecule has 2 aliphatic heterocycles. The van der Waals surface area contributed by atoms with Crippen LogP contribution in [-0.4, -0.2) is 20.4 Å². The predicted octanol–water partition coefficient (Wildman–Crippen LogP) is 0.665. The van der Waals surface area contributed by atoms with Crippen molar-refractivity contribution in [3.05, 3.63) is 0 Å². The molecule has 1 N–H and O–H groups in total. The summed E-state index contributed by atoms with van der Waals surface area (Å²) in [4.78, 5) is 0. The molecule has 0 aromatic rings. The van der Waals surface area contributed by atoms with Gasteiger partial charge in [0.25, 0.3) is 0 Å². The van der Waals surface area contributed by atoms with E-state index in [0.717, 1.165) is 0 Å². The van der Waals surface area contributed by atoms with Crippen LogP contribution in [-0.2, 0) is 0 Å². The molecule has 1 spiro atoms. The fourth-order valence-electron chi connectivity index (χ4n) is 1.70. The lowest BCUT2D eigenvalue weighted by molar-refractivity contribution is 0.526. The maximum absolute atomic E-state index is 3.38. The molecule has 1 nitrogen and oxygen atoms in total. The first-order chi connectivity index (χ1) is 3.91. The summed E-state index contributed by atoms with van der Waals surface area (Å²) in [6.45, 7) is 2.50. The Hall–Kier alpha value is 0.0249. The molecule has 0 saturated carbocycles. The van der Waals surface area contributed by atoms with Crippen LogP contribution < -0.4 is 5.32 Å². The SMILES string of the molecule is [B]1CCC12CCNC2. The van der Waals surface area contributed by atoms with Gasteiger partial charge in [-0.25, -0.2) is 0 Å². The largest absolute Gasteiger partial charge is 0.317 e. The summed E-state index contributed by atoms with van der Waals surface area (Å²) in [5.41, 5.74) is 0. The van der Waals surface area contributed by atoms with Crippen molar-refractivity contribution in [2.75, 3.05) is 13.1 Å². The molecule has 0 amide bonds. The maximum Gasteiger partial charge on any atom is 0.119 e. The van der Waals surface area contributed by atoms with Crippen LogP contribution in [0.15, 0.2) is 0 Å². The lowest BCUT2D eigenvalue weighted by atomic mass is 9.37. The molecule has 2 heterocycles. The van der Waals surface area contributed by atoms with E-state index in [1.165, 1.54) is 32.3 Å². The molecule has 2 aliphatic rings. The van der Waals surface area contributed by atoms with Crippen LogP contribution in [0.1, 0.15) is 12.8 Å². The first kappa shape index (κ1) is 4.86. The Kier molecular flexibility index (Phi) is 0.914. The zero-order chi connectivity index (χ0) is 5.45. The highest BCUT2D eigenvalue weighted by molar-refractivity contribution is 6.44. The van der Waals surface area contributed by atoms with Crippen molar-refractivity contribution in [1.82, 2.24) is 5.32 Å². The van der Waals surface area contributed by atoms with Crippen molar-refractivity contribution in [3.8, 4) is 0 Å². The van der Waals surface area contributed by atoms with Crippen LogP contribution in [0.4, 0.5) is 0 Å². The summed E-state index contributed by atoms with van der Waals surface area (Å²) in [6.07, 6.45) is 4.20. The molecule has 0 bridgehead atoms. The first-order valence-electron chi connectivity index (χ1n) is 3.46. The standard InChI is InChI=1S/C6H11BN/c1-3-7-6(1)2-4-8-5-6/h8H,1-5H2. The smallest absolute Gasteiger partial charge is 0.119 e. The fourth-order valence-corrected chi connectivity index (χ4v) is 1.70. The van der Waals surface area contributed by atoms with Crippen molar-refractivity contribution in [2.24, 2.45) is 0 Å². The molecule has 2 fully saturated rings. The second-order valence-corrected chi connectivity index (χ2v) is 3.03. The second kappa shape index (κ2) is 1.50. The molecular weight excluding hydrogens is 96.9 g/mol. The van der Waals surface area contributed by atoms with Gasteiger partial charge in [-0.1, -0.05) is 12.7 Å². The molecule has 1 atom stereocenters. The van der Waals surface area contributed by atoms with Crippen LogP contribution >= 0.6 is 0 Å². The minimum absolute atomic E-state index is 0.681. The van der Waals surface area contributed by atoms with E-state index in [0.29, 0.717) is 5.31 Å². The summed E-state index contributed by atoms with van der Waals surface area (Å²) in [7, 11) is 2.48. The molecule has 2 heteroatoms. The minimum atomic E-state index is 0.681. The van der Waals surface area contributed by atoms with Gasteiger partial charge in [-0.05, 0) is 24.8 Å². The third kappa shape index (κ3) is 0.525. The molecule has 2 rings (SSSR count). The van der Waals surface area contributed by atoms with Crippen molar-refractivity contribution in [1.29, 1.82) is 0 Å². The second-order valence-electron chi connectivity index (χ2n) is 3.03. The molecular formula is C6H11BN. The summed E-state index contributed by atoms with van der Waals surface area (Å²) in [5.74, 6) is 0. The van der Waals surface area contributed by atoms with Gasteiger partial charge in [-0.2, -0.15) is 0 Å². The van der Waals surface area contributed by atoms with Gasteiger partial charge in [-0.15, -0.1) is 0 Å². The quantitative estimate of drug-likeness (QED) is 0.449. The Morgan fingerprint density at radius 1 is 1.38 bits per heavy atom. The van der Waals surface area contributed by atoms with Gasteiger partial charge in [0.15, 0.2) is 0 Å². The molecule has 1 unspecified atom stereocenters. The monoisotopic (exact) mass is 108 g/mol. The molecule has 1 radical (unpaired) electrons. The molecule has 2 saturated heterocycles. The first-order valence-corrected chi connectivity index (χ1v) is 3.46. The van der Waals surface area contributed by atoms with E-state index in [4.69, 9.17) is 0 Å². The van der Waals surface area contributed by atoms with Gasteiger partial charge in [0.2, 0.25) is 0 Å². The Morgan fingerprint density at radius 2 is 2.25 bits per heavy atom.